The fourth-order valence-corrected chi connectivity index (χ4v) is 2.97. The Bertz CT molecular complexity index is 1180. The molecule has 0 unspecified atom stereocenters. The molecule has 0 aliphatic carbocycles. The minimum Gasteiger partial charge on any atom is -0.486 e. The molecule has 7 nitrogen and oxygen atoms in total. The first kappa shape index (κ1) is 19.9. The van der Waals surface area contributed by atoms with E-state index in [0.29, 0.717) is 17.2 Å². The summed E-state index contributed by atoms with van der Waals surface area (Å²) in [6.07, 6.45) is 0. The smallest absolute Gasteiger partial charge is 0.291 e. The van der Waals surface area contributed by atoms with Crippen molar-refractivity contribution in [1.82, 2.24) is 0 Å². The Kier molecular flexibility index (Phi) is 5.75. The Hall–Kier alpha value is -4.39. The number of non-ortho nitro benzene ring substituents is 1. The van der Waals surface area contributed by atoms with Gasteiger partial charge in [-0.25, -0.2) is 0 Å². The number of furan rings is 1. The first-order valence-corrected chi connectivity index (χ1v) is 9.51. The maximum absolute atomic E-state index is 12.4. The van der Waals surface area contributed by atoms with Crippen molar-refractivity contribution in [2.45, 2.75) is 6.61 Å². The lowest BCUT2D eigenvalue weighted by Gasteiger charge is -2.06. The first-order chi connectivity index (χ1) is 15.1. The molecule has 7 heteroatoms. The summed E-state index contributed by atoms with van der Waals surface area (Å²) >= 11 is 0. The van der Waals surface area contributed by atoms with Crippen molar-refractivity contribution >= 4 is 17.3 Å². The number of hydrogen-bond acceptors (Lipinski definition) is 5. The first-order valence-electron chi connectivity index (χ1n) is 9.51. The predicted molar refractivity (Wildman–Crippen MR) is 116 cm³/mol. The quantitative estimate of drug-likeness (QED) is 0.310. The highest BCUT2D eigenvalue weighted by molar-refractivity contribution is 6.02. The van der Waals surface area contributed by atoms with Crippen LogP contribution in [0.2, 0.25) is 0 Å². The number of nitrogens with one attached hydrogen (secondary N) is 1. The topological polar surface area (TPSA) is 94.6 Å². The third-order valence-electron chi connectivity index (χ3n) is 4.56. The van der Waals surface area contributed by atoms with E-state index in [1.54, 1.807) is 12.1 Å². The zero-order valence-corrected chi connectivity index (χ0v) is 16.4. The fourth-order valence-electron chi connectivity index (χ4n) is 2.97. The Morgan fingerprint density at radius 1 is 0.871 bits per heavy atom. The maximum atomic E-state index is 12.4. The molecule has 0 fully saturated rings. The van der Waals surface area contributed by atoms with Crippen molar-refractivity contribution in [1.29, 1.82) is 0 Å². The van der Waals surface area contributed by atoms with Crippen molar-refractivity contribution in [2.24, 2.45) is 0 Å². The molecule has 0 atom stereocenters. The molecule has 0 aliphatic rings. The van der Waals surface area contributed by atoms with Crippen LogP contribution in [-0.4, -0.2) is 10.8 Å². The van der Waals surface area contributed by atoms with Crippen LogP contribution < -0.4 is 10.1 Å². The highest BCUT2D eigenvalue weighted by Crippen LogP contribution is 2.22. The van der Waals surface area contributed by atoms with E-state index in [1.165, 1.54) is 24.3 Å². The average molecular weight is 414 g/mol. The van der Waals surface area contributed by atoms with Gasteiger partial charge >= 0.3 is 0 Å². The number of anilines is 1. The average Bonchev–Trinajstić information content (AvgIpc) is 3.28. The number of carbonyl (C=O) groups excluding carboxylic acids is 1. The summed E-state index contributed by atoms with van der Waals surface area (Å²) in [6, 6.07) is 26.5. The van der Waals surface area contributed by atoms with Gasteiger partial charge in [0, 0.05) is 17.8 Å². The molecule has 3 aromatic carbocycles. The van der Waals surface area contributed by atoms with Crippen LogP contribution in [-0.2, 0) is 6.61 Å². The number of rotatable bonds is 7. The second kappa shape index (κ2) is 8.96. The van der Waals surface area contributed by atoms with E-state index in [9.17, 15) is 14.9 Å². The zero-order valence-electron chi connectivity index (χ0n) is 16.4. The second-order valence-electron chi connectivity index (χ2n) is 6.70. The Labute approximate surface area is 178 Å². The number of nitro benzene ring substituents is 1. The Morgan fingerprint density at radius 2 is 1.55 bits per heavy atom. The molecule has 1 aromatic heterocycles. The lowest BCUT2D eigenvalue weighted by molar-refractivity contribution is -0.384. The van der Waals surface area contributed by atoms with E-state index in [2.05, 4.69) is 5.32 Å². The van der Waals surface area contributed by atoms with Gasteiger partial charge in [0.25, 0.3) is 11.6 Å². The number of nitrogens with zero attached hydrogens (tertiary/aromatic N) is 1. The molecule has 1 N–H and O–H groups in total. The van der Waals surface area contributed by atoms with Gasteiger partial charge in [-0.1, -0.05) is 42.5 Å². The van der Waals surface area contributed by atoms with Crippen LogP contribution in [0.4, 0.5) is 11.4 Å². The summed E-state index contributed by atoms with van der Waals surface area (Å²) in [6.45, 7) is 0.0941. The van der Waals surface area contributed by atoms with Crippen LogP contribution >= 0.6 is 0 Å². The summed E-state index contributed by atoms with van der Waals surface area (Å²) in [5.74, 6) is 0.720. The van der Waals surface area contributed by atoms with Gasteiger partial charge in [0.2, 0.25) is 0 Å². The second-order valence-corrected chi connectivity index (χ2v) is 6.70. The van der Waals surface area contributed by atoms with E-state index in [-0.39, 0.29) is 24.0 Å². The van der Waals surface area contributed by atoms with Gasteiger partial charge in [-0.2, -0.15) is 0 Å². The van der Waals surface area contributed by atoms with Crippen molar-refractivity contribution in [3.05, 3.63) is 113 Å². The molecule has 0 bridgehead atoms. The van der Waals surface area contributed by atoms with Crippen LogP contribution in [0.3, 0.4) is 0 Å². The van der Waals surface area contributed by atoms with Gasteiger partial charge in [-0.15, -0.1) is 0 Å². The highest BCUT2D eigenvalue weighted by Gasteiger charge is 2.12. The van der Waals surface area contributed by atoms with Gasteiger partial charge in [0.15, 0.2) is 5.76 Å². The van der Waals surface area contributed by atoms with Gasteiger partial charge in [0.1, 0.15) is 18.1 Å². The minimum atomic E-state index is -0.476. The number of hydrogen-bond donors (Lipinski definition) is 1. The van der Waals surface area contributed by atoms with Gasteiger partial charge in [-0.05, 0) is 47.5 Å². The van der Waals surface area contributed by atoms with Crippen molar-refractivity contribution < 1.29 is 18.9 Å². The van der Waals surface area contributed by atoms with Gasteiger partial charge in [-0.3, -0.25) is 14.9 Å². The van der Waals surface area contributed by atoms with Crippen LogP contribution in [0.1, 0.15) is 16.3 Å². The largest absolute Gasteiger partial charge is 0.486 e. The number of amides is 1. The molecule has 0 saturated carbocycles. The predicted octanol–water partition coefficient (Wildman–Crippen LogP) is 5.69. The molecule has 31 heavy (non-hydrogen) atoms. The van der Waals surface area contributed by atoms with Crippen molar-refractivity contribution in [3.63, 3.8) is 0 Å². The molecule has 4 aromatic rings. The third kappa shape index (κ3) is 4.97. The van der Waals surface area contributed by atoms with E-state index in [0.717, 1.165) is 11.1 Å². The Morgan fingerprint density at radius 3 is 2.23 bits per heavy atom. The van der Waals surface area contributed by atoms with Crippen LogP contribution in [0.25, 0.3) is 11.1 Å². The third-order valence-corrected chi connectivity index (χ3v) is 4.56. The maximum Gasteiger partial charge on any atom is 0.291 e. The Balaban J connectivity index is 1.34. The number of benzene rings is 3. The normalized spacial score (nSPS) is 10.5. The van der Waals surface area contributed by atoms with Gasteiger partial charge in [0.05, 0.1) is 4.92 Å². The molecular weight excluding hydrogens is 396 g/mol. The molecule has 1 heterocycles. The number of ether oxygens (including phenoxy) is 1. The lowest BCUT2D eigenvalue weighted by atomic mass is 10.1. The summed E-state index contributed by atoms with van der Waals surface area (Å²) < 4.78 is 11.1. The zero-order chi connectivity index (χ0) is 21.6. The molecule has 0 saturated heterocycles. The van der Waals surface area contributed by atoms with Crippen LogP contribution in [0.15, 0.2) is 95.4 Å². The SMILES string of the molecule is O=C(Nc1ccc(-c2ccccc2)cc1)c1ccc(COc2ccc([N+](=O)[O-])cc2)o1. The number of carbonyl (C=O) groups is 1. The van der Waals surface area contributed by atoms with E-state index < -0.39 is 4.92 Å². The van der Waals surface area contributed by atoms with Crippen LogP contribution in [0, 0.1) is 10.1 Å². The minimum absolute atomic E-state index is 0.0129. The summed E-state index contributed by atoms with van der Waals surface area (Å²) in [5, 5.41) is 13.5. The number of nitro groups is 1. The molecular formula is C24H18N2O5. The highest BCUT2D eigenvalue weighted by atomic mass is 16.6. The molecule has 0 aliphatic heterocycles. The molecule has 154 valence electrons. The van der Waals surface area contributed by atoms with E-state index in [1.807, 2.05) is 54.6 Å². The summed E-state index contributed by atoms with van der Waals surface area (Å²) in [7, 11) is 0. The molecule has 4 rings (SSSR count). The lowest BCUT2D eigenvalue weighted by Crippen LogP contribution is -2.10. The monoisotopic (exact) mass is 414 g/mol. The summed E-state index contributed by atoms with van der Waals surface area (Å²) in [4.78, 5) is 22.7. The van der Waals surface area contributed by atoms with E-state index >= 15 is 0 Å². The van der Waals surface area contributed by atoms with Crippen molar-refractivity contribution in [3.8, 4) is 16.9 Å². The molecule has 0 radical (unpaired) electrons. The summed E-state index contributed by atoms with van der Waals surface area (Å²) in [5.41, 5.74) is 2.80. The van der Waals surface area contributed by atoms with Crippen LogP contribution in [0.5, 0.6) is 5.75 Å². The molecule has 1 amide bonds. The molecule has 0 spiro atoms. The fraction of sp³-hybridized carbons (Fsp3) is 0.0417. The van der Waals surface area contributed by atoms with Gasteiger partial charge < -0.3 is 14.5 Å². The van der Waals surface area contributed by atoms with Crippen molar-refractivity contribution in [2.75, 3.05) is 5.32 Å². The standard InChI is InChI=1S/C24H18N2O5/c27-24(25-19-8-6-18(7-9-19)17-4-2-1-3-5-17)23-15-14-22(31-23)16-30-21-12-10-20(11-13-21)26(28)29/h1-15H,16H2,(H,25,27). The van der Waals surface area contributed by atoms with E-state index in [4.69, 9.17) is 9.15 Å².